The summed E-state index contributed by atoms with van der Waals surface area (Å²) >= 11 is 1.45. The highest BCUT2D eigenvalue weighted by atomic mass is 32.2. The zero-order valence-corrected chi connectivity index (χ0v) is 14.3. The predicted octanol–water partition coefficient (Wildman–Crippen LogP) is 3.12. The molecule has 1 aromatic heterocycles. The highest BCUT2D eigenvalue weighted by molar-refractivity contribution is 8.00. The van der Waals surface area contributed by atoms with Gasteiger partial charge in [-0.2, -0.15) is 0 Å². The van der Waals surface area contributed by atoms with Crippen molar-refractivity contribution in [1.29, 1.82) is 0 Å². The second kappa shape index (κ2) is 7.17. The van der Waals surface area contributed by atoms with Crippen LogP contribution in [0.3, 0.4) is 0 Å². The van der Waals surface area contributed by atoms with Crippen molar-refractivity contribution >= 4 is 17.7 Å². The summed E-state index contributed by atoms with van der Waals surface area (Å²) in [6.45, 7) is 3.98. The van der Waals surface area contributed by atoms with E-state index in [2.05, 4.69) is 28.5 Å². The number of hydrogen-bond donors (Lipinski definition) is 1. The number of para-hydroxylation sites is 1. The van der Waals surface area contributed by atoms with Crippen LogP contribution in [-0.2, 0) is 4.79 Å². The van der Waals surface area contributed by atoms with Gasteiger partial charge >= 0.3 is 0 Å². The molecule has 1 fully saturated rings. The van der Waals surface area contributed by atoms with Gasteiger partial charge in [0.1, 0.15) is 6.33 Å². The molecule has 2 aromatic rings. The lowest BCUT2D eigenvalue weighted by Gasteiger charge is -2.16. The fourth-order valence-electron chi connectivity index (χ4n) is 2.90. The molecule has 0 spiro atoms. The normalized spacial score (nSPS) is 16.4. The number of hydrogen-bond acceptors (Lipinski definition) is 4. The van der Waals surface area contributed by atoms with Crippen LogP contribution in [0.15, 0.2) is 35.7 Å². The number of rotatable bonds is 5. The average Bonchev–Trinajstić information content (AvgIpc) is 3.19. The molecule has 1 atom stereocenters. The van der Waals surface area contributed by atoms with Crippen LogP contribution in [0.1, 0.15) is 38.2 Å². The van der Waals surface area contributed by atoms with E-state index >= 15 is 0 Å². The van der Waals surface area contributed by atoms with E-state index in [4.69, 9.17) is 0 Å². The fraction of sp³-hybridized carbons (Fsp3) is 0.471. The minimum absolute atomic E-state index is 0.0845. The molecule has 6 heteroatoms. The van der Waals surface area contributed by atoms with Crippen LogP contribution in [0, 0.1) is 6.92 Å². The van der Waals surface area contributed by atoms with Crippen molar-refractivity contribution in [1.82, 2.24) is 20.1 Å². The molecule has 122 valence electrons. The Labute approximate surface area is 140 Å². The second-order valence-electron chi connectivity index (χ2n) is 6.02. The number of nitrogens with one attached hydrogen (secondary N) is 1. The third-order valence-electron chi connectivity index (χ3n) is 4.24. The van der Waals surface area contributed by atoms with Crippen molar-refractivity contribution < 1.29 is 4.79 Å². The summed E-state index contributed by atoms with van der Waals surface area (Å²) in [6.07, 6.45) is 6.33. The Kier molecular flexibility index (Phi) is 5.00. The molecule has 23 heavy (non-hydrogen) atoms. The monoisotopic (exact) mass is 330 g/mol. The van der Waals surface area contributed by atoms with Crippen LogP contribution in [0.2, 0.25) is 0 Å². The lowest BCUT2D eigenvalue weighted by molar-refractivity contribution is -0.120. The summed E-state index contributed by atoms with van der Waals surface area (Å²) < 4.78 is 1.94. The highest BCUT2D eigenvalue weighted by Crippen LogP contribution is 2.26. The Hall–Kier alpha value is -1.82. The van der Waals surface area contributed by atoms with Crippen LogP contribution < -0.4 is 5.32 Å². The van der Waals surface area contributed by atoms with Crippen molar-refractivity contribution in [2.24, 2.45) is 0 Å². The molecule has 1 saturated carbocycles. The first-order valence-electron chi connectivity index (χ1n) is 8.08. The van der Waals surface area contributed by atoms with Crippen molar-refractivity contribution in [3.05, 3.63) is 36.2 Å². The van der Waals surface area contributed by atoms with Gasteiger partial charge in [0.25, 0.3) is 0 Å². The molecule has 0 bridgehead atoms. The first-order valence-corrected chi connectivity index (χ1v) is 8.96. The largest absolute Gasteiger partial charge is 0.352 e. The third kappa shape index (κ3) is 3.75. The van der Waals surface area contributed by atoms with E-state index in [0.717, 1.165) is 29.2 Å². The zero-order chi connectivity index (χ0) is 16.2. The van der Waals surface area contributed by atoms with Gasteiger partial charge in [0.2, 0.25) is 5.91 Å². The van der Waals surface area contributed by atoms with E-state index in [1.165, 1.54) is 24.6 Å². The minimum Gasteiger partial charge on any atom is -0.352 e. The van der Waals surface area contributed by atoms with E-state index in [1.807, 2.05) is 29.7 Å². The Morgan fingerprint density at radius 3 is 2.83 bits per heavy atom. The molecule has 0 radical (unpaired) electrons. The Balaban J connectivity index is 1.70. The molecule has 5 nitrogen and oxygen atoms in total. The van der Waals surface area contributed by atoms with Gasteiger partial charge in [0.15, 0.2) is 5.16 Å². The standard InChI is InChI=1S/C17H22N4OS/c1-12-7-3-6-10-15(12)21-11-18-20-17(21)23-13(2)16(22)19-14-8-4-5-9-14/h3,6-7,10-11,13-14H,4-5,8-9H2,1-2H3,(H,19,22)/t13-/m1/s1. The van der Waals surface area contributed by atoms with E-state index in [-0.39, 0.29) is 11.2 Å². The van der Waals surface area contributed by atoms with Crippen molar-refractivity contribution in [3.63, 3.8) is 0 Å². The van der Waals surface area contributed by atoms with Crippen LogP contribution in [0.4, 0.5) is 0 Å². The number of nitrogens with zero attached hydrogens (tertiary/aromatic N) is 3. The van der Waals surface area contributed by atoms with Gasteiger partial charge in [-0.3, -0.25) is 9.36 Å². The van der Waals surface area contributed by atoms with Gasteiger partial charge in [-0.05, 0) is 38.3 Å². The van der Waals surface area contributed by atoms with Crippen molar-refractivity contribution in [3.8, 4) is 5.69 Å². The molecular formula is C17H22N4OS. The van der Waals surface area contributed by atoms with E-state index in [9.17, 15) is 4.79 Å². The summed E-state index contributed by atoms with van der Waals surface area (Å²) in [6, 6.07) is 8.44. The number of aryl methyl sites for hydroxylation is 1. The first kappa shape index (κ1) is 16.1. The number of benzene rings is 1. The number of carbonyl (C=O) groups is 1. The first-order chi connectivity index (χ1) is 11.1. The predicted molar refractivity (Wildman–Crippen MR) is 91.8 cm³/mol. The molecular weight excluding hydrogens is 308 g/mol. The quantitative estimate of drug-likeness (QED) is 0.856. The van der Waals surface area contributed by atoms with Crippen LogP contribution in [-0.4, -0.2) is 32.0 Å². The topological polar surface area (TPSA) is 59.8 Å². The van der Waals surface area contributed by atoms with Gasteiger partial charge in [-0.25, -0.2) is 0 Å². The number of thioether (sulfide) groups is 1. The molecule has 0 aliphatic heterocycles. The van der Waals surface area contributed by atoms with Gasteiger partial charge in [-0.15, -0.1) is 10.2 Å². The van der Waals surface area contributed by atoms with E-state index in [0.29, 0.717) is 6.04 Å². The maximum Gasteiger partial charge on any atom is 0.233 e. The Morgan fingerprint density at radius 1 is 1.35 bits per heavy atom. The summed E-state index contributed by atoms with van der Waals surface area (Å²) in [7, 11) is 0. The molecule has 3 rings (SSSR count). The number of carbonyl (C=O) groups excluding carboxylic acids is 1. The second-order valence-corrected chi connectivity index (χ2v) is 7.33. The molecule has 1 aliphatic rings. The molecule has 1 aromatic carbocycles. The van der Waals surface area contributed by atoms with Crippen molar-refractivity contribution in [2.45, 2.75) is 56.0 Å². The SMILES string of the molecule is Cc1ccccc1-n1cnnc1S[C@H](C)C(=O)NC1CCCC1. The molecule has 1 aliphatic carbocycles. The summed E-state index contributed by atoms with van der Waals surface area (Å²) in [5.41, 5.74) is 2.20. The lowest BCUT2D eigenvalue weighted by atomic mass is 10.2. The maximum absolute atomic E-state index is 12.4. The molecule has 0 saturated heterocycles. The van der Waals surface area contributed by atoms with Gasteiger partial charge in [0.05, 0.1) is 10.9 Å². The third-order valence-corrected chi connectivity index (χ3v) is 5.30. The van der Waals surface area contributed by atoms with Crippen LogP contribution >= 0.6 is 11.8 Å². The number of aromatic nitrogens is 3. The fourth-order valence-corrected chi connectivity index (χ4v) is 3.75. The number of amides is 1. The van der Waals surface area contributed by atoms with Crippen molar-refractivity contribution in [2.75, 3.05) is 0 Å². The Bertz CT molecular complexity index is 679. The minimum atomic E-state index is -0.192. The summed E-state index contributed by atoms with van der Waals surface area (Å²) in [5, 5.41) is 11.9. The summed E-state index contributed by atoms with van der Waals surface area (Å²) in [4.78, 5) is 12.4. The highest BCUT2D eigenvalue weighted by Gasteiger charge is 2.23. The molecule has 1 N–H and O–H groups in total. The van der Waals surface area contributed by atoms with Gasteiger partial charge in [-0.1, -0.05) is 42.8 Å². The van der Waals surface area contributed by atoms with Crippen LogP contribution in [0.25, 0.3) is 5.69 Å². The lowest BCUT2D eigenvalue weighted by Crippen LogP contribution is -2.37. The van der Waals surface area contributed by atoms with E-state index < -0.39 is 0 Å². The van der Waals surface area contributed by atoms with Crippen LogP contribution in [0.5, 0.6) is 0 Å². The van der Waals surface area contributed by atoms with E-state index in [1.54, 1.807) is 6.33 Å². The smallest absolute Gasteiger partial charge is 0.233 e. The molecule has 1 heterocycles. The Morgan fingerprint density at radius 2 is 2.09 bits per heavy atom. The maximum atomic E-state index is 12.4. The zero-order valence-electron chi connectivity index (χ0n) is 13.5. The average molecular weight is 330 g/mol. The van der Waals surface area contributed by atoms with Gasteiger partial charge in [0, 0.05) is 6.04 Å². The molecule has 1 amide bonds. The van der Waals surface area contributed by atoms with Gasteiger partial charge < -0.3 is 5.32 Å². The molecule has 0 unspecified atom stereocenters. The summed E-state index contributed by atoms with van der Waals surface area (Å²) in [5.74, 6) is 0.0845.